The van der Waals surface area contributed by atoms with Crippen LogP contribution in [0.5, 0.6) is 0 Å². The zero-order valence-electron chi connectivity index (χ0n) is 8.40. The highest BCUT2D eigenvalue weighted by molar-refractivity contribution is 5.71. The minimum Gasteiger partial charge on any atom is -0.447 e. The normalized spacial score (nSPS) is 24.4. The first-order valence-electron chi connectivity index (χ1n) is 4.88. The summed E-state index contributed by atoms with van der Waals surface area (Å²) in [6.45, 7) is 4.08. The predicted octanol–water partition coefficient (Wildman–Crippen LogP) is 2.20. The molecule has 1 aliphatic rings. The second-order valence-corrected chi connectivity index (χ2v) is 3.64. The molecule has 78 valence electrons. The van der Waals surface area contributed by atoms with E-state index in [0.29, 0.717) is 13.0 Å². The van der Waals surface area contributed by atoms with Crippen LogP contribution in [-0.2, 0) is 10.3 Å². The van der Waals surface area contributed by atoms with E-state index in [1.807, 2.05) is 30.3 Å². The van der Waals surface area contributed by atoms with Crippen molar-refractivity contribution in [2.24, 2.45) is 0 Å². The van der Waals surface area contributed by atoms with Gasteiger partial charge in [-0.05, 0) is 12.0 Å². The minimum absolute atomic E-state index is 0.360. The monoisotopic (exact) mass is 203 g/mol. The van der Waals surface area contributed by atoms with Crippen molar-refractivity contribution in [1.29, 1.82) is 0 Å². The lowest BCUT2D eigenvalue weighted by Gasteiger charge is -2.25. The lowest BCUT2D eigenvalue weighted by molar-refractivity contribution is 0.172. The number of cyclic esters (lactones) is 1. The number of benzene rings is 1. The van der Waals surface area contributed by atoms with Gasteiger partial charge in [0.15, 0.2) is 0 Å². The summed E-state index contributed by atoms with van der Waals surface area (Å²) in [7, 11) is 0. The summed E-state index contributed by atoms with van der Waals surface area (Å²) in [5.41, 5.74) is 0.621. The molecule has 1 aromatic carbocycles. The van der Waals surface area contributed by atoms with Gasteiger partial charge in [0.1, 0.15) is 12.1 Å². The van der Waals surface area contributed by atoms with Gasteiger partial charge in [-0.3, -0.25) is 0 Å². The molecule has 0 aliphatic carbocycles. The molecule has 15 heavy (non-hydrogen) atoms. The highest BCUT2D eigenvalue weighted by atomic mass is 16.6. The van der Waals surface area contributed by atoms with E-state index in [4.69, 9.17) is 4.74 Å². The minimum atomic E-state index is -0.430. The van der Waals surface area contributed by atoms with E-state index in [9.17, 15) is 4.79 Å². The summed E-state index contributed by atoms with van der Waals surface area (Å²) in [6, 6.07) is 9.81. The Hall–Kier alpha value is -1.77. The number of hydrogen-bond acceptors (Lipinski definition) is 2. The van der Waals surface area contributed by atoms with Crippen molar-refractivity contribution in [3.8, 4) is 0 Å². The smallest absolute Gasteiger partial charge is 0.408 e. The molecule has 1 heterocycles. The molecule has 1 amide bonds. The number of carbonyl (C=O) groups excluding carboxylic acids is 1. The second-order valence-electron chi connectivity index (χ2n) is 3.64. The van der Waals surface area contributed by atoms with Gasteiger partial charge in [-0.25, -0.2) is 4.79 Å². The van der Waals surface area contributed by atoms with Gasteiger partial charge in [0.25, 0.3) is 0 Å². The summed E-state index contributed by atoms with van der Waals surface area (Å²) < 4.78 is 4.98. The number of amides is 1. The number of ether oxygens (including phenoxy) is 1. The van der Waals surface area contributed by atoms with Gasteiger partial charge in [0.05, 0.1) is 0 Å². The first kappa shape index (κ1) is 9.77. The summed E-state index contributed by atoms with van der Waals surface area (Å²) >= 11 is 0. The zero-order chi connectivity index (χ0) is 10.7. The van der Waals surface area contributed by atoms with E-state index < -0.39 is 5.54 Å². The molecule has 1 saturated heterocycles. The van der Waals surface area contributed by atoms with Gasteiger partial charge in [-0.15, -0.1) is 6.58 Å². The van der Waals surface area contributed by atoms with Crippen LogP contribution in [0.2, 0.25) is 0 Å². The van der Waals surface area contributed by atoms with Crippen LogP contribution < -0.4 is 5.32 Å². The lowest BCUT2D eigenvalue weighted by Crippen LogP contribution is -2.39. The highest BCUT2D eigenvalue weighted by Gasteiger charge is 2.39. The Morgan fingerprint density at radius 2 is 2.20 bits per heavy atom. The van der Waals surface area contributed by atoms with Gasteiger partial charge in [0, 0.05) is 0 Å². The molecular formula is C12H13NO2. The topological polar surface area (TPSA) is 38.3 Å². The molecule has 0 spiro atoms. The molecule has 1 N–H and O–H groups in total. The van der Waals surface area contributed by atoms with Crippen LogP contribution in [0.4, 0.5) is 4.79 Å². The van der Waals surface area contributed by atoms with Gasteiger partial charge in [-0.2, -0.15) is 0 Å². The Balaban J connectivity index is 2.35. The van der Waals surface area contributed by atoms with Crippen molar-refractivity contribution >= 4 is 6.09 Å². The van der Waals surface area contributed by atoms with Crippen LogP contribution in [0.1, 0.15) is 12.0 Å². The standard InChI is InChI=1S/C12H13NO2/c1-2-8-12(9-15-11(14)13-12)10-6-4-3-5-7-10/h2-7H,1,8-9H2,(H,13,14). The van der Waals surface area contributed by atoms with Crippen molar-refractivity contribution in [3.63, 3.8) is 0 Å². The molecule has 1 unspecified atom stereocenters. The Morgan fingerprint density at radius 3 is 2.73 bits per heavy atom. The average Bonchev–Trinajstić information content (AvgIpc) is 2.63. The predicted molar refractivity (Wildman–Crippen MR) is 57.4 cm³/mol. The molecule has 1 fully saturated rings. The zero-order valence-corrected chi connectivity index (χ0v) is 8.40. The molecule has 3 heteroatoms. The van der Waals surface area contributed by atoms with Gasteiger partial charge < -0.3 is 10.1 Å². The van der Waals surface area contributed by atoms with Gasteiger partial charge >= 0.3 is 6.09 Å². The van der Waals surface area contributed by atoms with E-state index in [-0.39, 0.29) is 6.09 Å². The largest absolute Gasteiger partial charge is 0.447 e. The SMILES string of the molecule is C=CCC1(c2ccccc2)COC(=O)N1. The van der Waals surface area contributed by atoms with Crippen molar-refractivity contribution in [2.45, 2.75) is 12.0 Å². The van der Waals surface area contributed by atoms with Crippen LogP contribution in [0.3, 0.4) is 0 Å². The van der Waals surface area contributed by atoms with Gasteiger partial charge in [0.2, 0.25) is 0 Å². The summed E-state index contributed by atoms with van der Waals surface area (Å²) in [4.78, 5) is 11.1. The van der Waals surface area contributed by atoms with Crippen LogP contribution in [-0.4, -0.2) is 12.7 Å². The van der Waals surface area contributed by atoms with Crippen molar-refractivity contribution in [2.75, 3.05) is 6.61 Å². The Bertz CT molecular complexity index is 374. The molecule has 0 aromatic heterocycles. The number of carbonyl (C=O) groups is 1. The Kier molecular flexibility index (Phi) is 2.46. The molecule has 0 radical (unpaired) electrons. The number of hydrogen-bond donors (Lipinski definition) is 1. The van der Waals surface area contributed by atoms with E-state index in [1.54, 1.807) is 6.08 Å². The third-order valence-electron chi connectivity index (χ3n) is 2.61. The van der Waals surface area contributed by atoms with E-state index >= 15 is 0 Å². The first-order chi connectivity index (χ1) is 7.27. The molecule has 1 aromatic rings. The van der Waals surface area contributed by atoms with Crippen molar-refractivity contribution in [1.82, 2.24) is 5.32 Å². The summed E-state index contributed by atoms with van der Waals surface area (Å²) in [5.74, 6) is 0. The van der Waals surface area contributed by atoms with Crippen molar-refractivity contribution in [3.05, 3.63) is 48.6 Å². The molecule has 2 rings (SSSR count). The van der Waals surface area contributed by atoms with Crippen LogP contribution in [0.25, 0.3) is 0 Å². The molecular weight excluding hydrogens is 190 g/mol. The van der Waals surface area contributed by atoms with Crippen LogP contribution >= 0.6 is 0 Å². The maximum atomic E-state index is 11.1. The number of rotatable bonds is 3. The Labute approximate surface area is 88.8 Å². The molecule has 0 bridgehead atoms. The number of alkyl carbamates (subject to hydrolysis) is 1. The maximum absolute atomic E-state index is 11.1. The fourth-order valence-electron chi connectivity index (χ4n) is 1.84. The maximum Gasteiger partial charge on any atom is 0.408 e. The third kappa shape index (κ3) is 1.73. The summed E-state index contributed by atoms with van der Waals surface area (Å²) in [5, 5.41) is 2.85. The molecule has 1 atom stereocenters. The fraction of sp³-hybridized carbons (Fsp3) is 0.250. The van der Waals surface area contributed by atoms with Crippen LogP contribution in [0.15, 0.2) is 43.0 Å². The number of nitrogens with one attached hydrogen (secondary N) is 1. The lowest BCUT2D eigenvalue weighted by atomic mass is 9.88. The van der Waals surface area contributed by atoms with E-state index in [2.05, 4.69) is 11.9 Å². The Morgan fingerprint density at radius 1 is 1.47 bits per heavy atom. The summed E-state index contributed by atoms with van der Waals surface area (Å²) in [6.07, 6.45) is 2.10. The molecule has 3 nitrogen and oxygen atoms in total. The highest BCUT2D eigenvalue weighted by Crippen LogP contribution is 2.29. The second kappa shape index (κ2) is 3.77. The third-order valence-corrected chi connectivity index (χ3v) is 2.61. The average molecular weight is 203 g/mol. The fourth-order valence-corrected chi connectivity index (χ4v) is 1.84. The van der Waals surface area contributed by atoms with Crippen LogP contribution in [0, 0.1) is 0 Å². The van der Waals surface area contributed by atoms with E-state index in [1.165, 1.54) is 0 Å². The first-order valence-corrected chi connectivity index (χ1v) is 4.88. The van der Waals surface area contributed by atoms with E-state index in [0.717, 1.165) is 5.56 Å². The quantitative estimate of drug-likeness (QED) is 0.765. The van der Waals surface area contributed by atoms with Crippen molar-refractivity contribution < 1.29 is 9.53 Å². The van der Waals surface area contributed by atoms with Gasteiger partial charge in [-0.1, -0.05) is 36.4 Å². The molecule has 0 saturated carbocycles. The molecule has 1 aliphatic heterocycles.